The quantitative estimate of drug-likeness (QED) is 0.109. The van der Waals surface area contributed by atoms with Crippen molar-refractivity contribution in [1.29, 1.82) is 0 Å². The average molecular weight is 679 g/mol. The van der Waals surface area contributed by atoms with Crippen LogP contribution in [0.4, 0.5) is 0 Å². The second-order valence-corrected chi connectivity index (χ2v) is 10.6. The van der Waals surface area contributed by atoms with E-state index in [0.29, 0.717) is 52.5 Å². The minimum atomic E-state index is -0.615. The van der Waals surface area contributed by atoms with E-state index in [9.17, 15) is 9.59 Å². The van der Waals surface area contributed by atoms with Crippen LogP contribution < -0.4 is 9.47 Å². The lowest BCUT2D eigenvalue weighted by atomic mass is 10.1. The largest absolute Gasteiger partial charge is 0.490 e. The van der Waals surface area contributed by atoms with Gasteiger partial charge in [0.1, 0.15) is 24.7 Å². The summed E-state index contributed by atoms with van der Waals surface area (Å²) in [4.78, 5) is 24.2. The van der Waals surface area contributed by atoms with E-state index >= 15 is 0 Å². The smallest absolute Gasteiger partial charge is 0.335 e. The van der Waals surface area contributed by atoms with Crippen molar-refractivity contribution in [2.24, 2.45) is 0 Å². The van der Waals surface area contributed by atoms with Crippen LogP contribution in [0.1, 0.15) is 49.9 Å². The Kier molecular flexibility index (Phi) is 18.1. The van der Waals surface area contributed by atoms with E-state index < -0.39 is 12.2 Å². The number of hydrogen-bond donors (Lipinski definition) is 0. The van der Waals surface area contributed by atoms with Crippen LogP contribution in [0.3, 0.4) is 0 Å². The molecular formula is C42H46O8. The molecule has 50 heavy (non-hydrogen) atoms. The van der Waals surface area contributed by atoms with Gasteiger partial charge in [-0.25, -0.2) is 9.59 Å². The summed E-state index contributed by atoms with van der Waals surface area (Å²) in [5.74, 6) is 13.0. The predicted octanol–water partition coefficient (Wildman–Crippen LogP) is 6.68. The third-order valence-electron chi connectivity index (χ3n) is 6.94. The van der Waals surface area contributed by atoms with Gasteiger partial charge in [0.2, 0.25) is 0 Å². The van der Waals surface area contributed by atoms with E-state index in [4.69, 9.17) is 28.4 Å². The topological polar surface area (TPSA) is 89.5 Å². The Morgan fingerprint density at radius 2 is 0.940 bits per heavy atom. The van der Waals surface area contributed by atoms with Crippen molar-refractivity contribution in [2.45, 2.75) is 52.7 Å². The minimum Gasteiger partial charge on any atom is -0.490 e. The highest BCUT2D eigenvalue weighted by Gasteiger charge is 2.21. The molecule has 0 saturated carbocycles. The van der Waals surface area contributed by atoms with Crippen LogP contribution in [0.2, 0.25) is 0 Å². The lowest BCUT2D eigenvalue weighted by Crippen LogP contribution is -2.28. The van der Waals surface area contributed by atoms with Gasteiger partial charge in [0.05, 0.1) is 13.2 Å². The van der Waals surface area contributed by atoms with Gasteiger partial charge in [-0.3, -0.25) is 0 Å². The second-order valence-electron chi connectivity index (χ2n) is 10.6. The summed E-state index contributed by atoms with van der Waals surface area (Å²) in [5, 5.41) is 0. The van der Waals surface area contributed by atoms with Crippen LogP contribution in [-0.4, -0.2) is 63.8 Å². The lowest BCUT2D eigenvalue weighted by Gasteiger charge is -2.15. The molecule has 0 saturated heterocycles. The fraction of sp³-hybridized carbons (Fsp3) is 0.333. The fourth-order valence-electron chi connectivity index (χ4n) is 4.55. The zero-order valence-corrected chi connectivity index (χ0v) is 29.3. The third kappa shape index (κ3) is 14.9. The number of hydrogen-bond acceptors (Lipinski definition) is 8. The molecule has 0 aliphatic heterocycles. The van der Waals surface area contributed by atoms with Crippen LogP contribution in [0, 0.1) is 23.7 Å². The van der Waals surface area contributed by atoms with E-state index in [0.717, 1.165) is 33.8 Å². The Morgan fingerprint density at radius 1 is 0.560 bits per heavy atom. The van der Waals surface area contributed by atoms with Crippen LogP contribution >= 0.6 is 0 Å². The molecule has 2 atom stereocenters. The van der Waals surface area contributed by atoms with E-state index in [1.165, 1.54) is 0 Å². The fourth-order valence-corrected chi connectivity index (χ4v) is 4.55. The molecule has 0 bridgehead atoms. The maximum atomic E-state index is 12.1. The molecule has 0 heterocycles. The Hall–Kier alpha value is -5.28. The first-order valence-corrected chi connectivity index (χ1v) is 16.9. The van der Waals surface area contributed by atoms with Crippen molar-refractivity contribution in [3.8, 4) is 35.2 Å². The first-order valence-electron chi connectivity index (χ1n) is 16.9. The number of esters is 2. The van der Waals surface area contributed by atoms with Crippen molar-refractivity contribution in [3.63, 3.8) is 0 Å². The van der Waals surface area contributed by atoms with E-state index in [1.54, 1.807) is 26.0 Å². The van der Waals surface area contributed by atoms with Crippen molar-refractivity contribution in [1.82, 2.24) is 0 Å². The lowest BCUT2D eigenvalue weighted by molar-refractivity contribution is -0.157. The van der Waals surface area contributed by atoms with Crippen LogP contribution in [0.25, 0.3) is 0 Å². The van der Waals surface area contributed by atoms with Gasteiger partial charge in [-0.2, -0.15) is 0 Å². The maximum absolute atomic E-state index is 12.1. The Balaban J connectivity index is 1.37. The van der Waals surface area contributed by atoms with Gasteiger partial charge < -0.3 is 28.4 Å². The van der Waals surface area contributed by atoms with Gasteiger partial charge in [-0.1, -0.05) is 47.9 Å². The summed E-state index contributed by atoms with van der Waals surface area (Å²) in [7, 11) is 0. The van der Waals surface area contributed by atoms with Crippen LogP contribution in [0.5, 0.6) is 11.5 Å². The van der Waals surface area contributed by atoms with Gasteiger partial charge in [0.25, 0.3) is 0 Å². The summed E-state index contributed by atoms with van der Waals surface area (Å²) in [6.07, 6.45) is 6.89. The highest BCUT2D eigenvalue weighted by molar-refractivity contribution is 5.75. The molecule has 8 nitrogen and oxygen atoms in total. The molecule has 3 aromatic carbocycles. The molecule has 0 N–H and O–H groups in total. The number of rotatable bonds is 18. The standard InChI is InChI=1S/C42H46O8/c1-5-45-39(41(43)47-7-3)31-35-21-25-37(26-22-35)49-29-13-9-11-15-33-17-19-34(20-18-33)16-12-10-14-30-50-38-27-23-36(24-28-38)32-40(46-6-2)42(44)48-8-4/h9-10,13-14,17-28,39-40H,5-8,29-32H2,1-4H3. The Labute approximate surface area is 296 Å². The molecule has 0 spiro atoms. The van der Waals surface area contributed by atoms with Gasteiger partial charge in [-0.15, -0.1) is 0 Å². The SMILES string of the molecule is CCOC(=O)C(Cc1ccc(OCC=CC#Cc2ccc(C#CC=CCOc3ccc(CC(OCC)C(=O)OCC)cc3)cc2)cc1)OCC. The predicted molar refractivity (Wildman–Crippen MR) is 194 cm³/mol. The number of carbonyl (C=O) groups is 2. The van der Waals surface area contributed by atoms with E-state index in [-0.39, 0.29) is 11.9 Å². The molecule has 0 aromatic heterocycles. The zero-order valence-electron chi connectivity index (χ0n) is 29.3. The Bertz CT molecular complexity index is 1510. The normalized spacial score (nSPS) is 11.9. The third-order valence-corrected chi connectivity index (χ3v) is 6.94. The molecule has 3 aromatic rings. The highest BCUT2D eigenvalue weighted by Crippen LogP contribution is 2.16. The maximum Gasteiger partial charge on any atom is 0.335 e. The molecule has 2 unspecified atom stereocenters. The van der Waals surface area contributed by atoms with Crippen molar-refractivity contribution in [3.05, 3.63) is 119 Å². The molecule has 0 aliphatic carbocycles. The first-order chi connectivity index (χ1) is 24.4. The summed E-state index contributed by atoms with van der Waals surface area (Å²) in [5.41, 5.74) is 3.69. The molecule has 0 aliphatic rings. The molecule has 0 fully saturated rings. The number of allylic oxidation sites excluding steroid dienone is 2. The van der Waals surface area contributed by atoms with Gasteiger partial charge in [0.15, 0.2) is 12.2 Å². The van der Waals surface area contributed by atoms with E-state index in [2.05, 4.69) is 23.7 Å². The van der Waals surface area contributed by atoms with Gasteiger partial charge in [-0.05, 0) is 112 Å². The molecule has 8 heteroatoms. The summed E-state index contributed by atoms with van der Waals surface area (Å²) in [6, 6.07) is 22.9. The van der Waals surface area contributed by atoms with Crippen LogP contribution in [0.15, 0.2) is 97.1 Å². The van der Waals surface area contributed by atoms with Gasteiger partial charge in [0, 0.05) is 37.2 Å². The molecule has 0 radical (unpaired) electrons. The monoisotopic (exact) mass is 678 g/mol. The van der Waals surface area contributed by atoms with Crippen LogP contribution in [-0.2, 0) is 41.4 Å². The molecule has 262 valence electrons. The minimum absolute atomic E-state index is 0.324. The van der Waals surface area contributed by atoms with Crippen molar-refractivity contribution in [2.75, 3.05) is 39.6 Å². The summed E-state index contributed by atoms with van der Waals surface area (Å²) in [6.45, 7) is 9.56. The second kappa shape index (κ2) is 23.1. The average Bonchev–Trinajstić information content (AvgIpc) is 3.13. The van der Waals surface area contributed by atoms with Crippen molar-refractivity contribution >= 4 is 11.9 Å². The zero-order chi connectivity index (χ0) is 35.8. The summed E-state index contributed by atoms with van der Waals surface area (Å²) < 4.78 is 32.8. The molecular weight excluding hydrogens is 632 g/mol. The number of ether oxygens (including phenoxy) is 6. The van der Waals surface area contributed by atoms with E-state index in [1.807, 2.05) is 98.8 Å². The molecule has 3 rings (SSSR count). The first kappa shape index (κ1) is 39.2. The molecule has 0 amide bonds. The summed E-state index contributed by atoms with van der Waals surface area (Å²) >= 11 is 0. The van der Waals surface area contributed by atoms with Crippen molar-refractivity contribution < 1.29 is 38.0 Å². The Morgan fingerprint density at radius 3 is 1.28 bits per heavy atom. The highest BCUT2D eigenvalue weighted by atomic mass is 16.6. The number of benzene rings is 3. The number of carbonyl (C=O) groups excluding carboxylic acids is 2. The van der Waals surface area contributed by atoms with Gasteiger partial charge >= 0.3 is 11.9 Å².